The van der Waals surface area contributed by atoms with Gasteiger partial charge in [-0.25, -0.2) is 9.97 Å². The van der Waals surface area contributed by atoms with E-state index in [1.165, 1.54) is 4.90 Å². The molecule has 0 spiro atoms. The number of nitrogens with zero attached hydrogens (tertiary/aromatic N) is 8. The molecule has 2 N–H and O–H groups in total. The number of piperazine rings is 1. The van der Waals surface area contributed by atoms with Gasteiger partial charge in [-0.15, -0.1) is 0 Å². The zero-order chi connectivity index (χ0) is 32.7. The number of aliphatic hydroxyl groups excluding tert-OH is 1. The van der Waals surface area contributed by atoms with Crippen molar-refractivity contribution in [2.75, 3.05) is 57.0 Å². The Bertz CT molecular complexity index is 1810. The van der Waals surface area contributed by atoms with Gasteiger partial charge in [0, 0.05) is 82.0 Å². The first-order valence-electron chi connectivity index (χ1n) is 16.2. The number of carbonyl (C=O) groups is 3. The maximum Gasteiger partial charge on any atom is 0.270 e. The Morgan fingerprint density at radius 3 is 2.47 bits per heavy atom. The molecule has 4 aromatic rings. The third-order valence-electron chi connectivity index (χ3n) is 9.47. The number of amides is 3. The smallest absolute Gasteiger partial charge is 0.270 e. The van der Waals surface area contributed by atoms with Crippen LogP contribution in [0.5, 0.6) is 0 Å². The minimum absolute atomic E-state index is 0.0347. The minimum atomic E-state index is -1.02. The lowest BCUT2D eigenvalue weighted by molar-refractivity contribution is -0.132. The van der Waals surface area contributed by atoms with Crippen LogP contribution in [0.3, 0.4) is 0 Å². The molecule has 3 aliphatic rings. The average molecular weight is 638 g/mol. The Hall–Kier alpha value is -5.04. The Morgan fingerprint density at radius 2 is 1.77 bits per heavy atom. The molecule has 13 heteroatoms. The molecule has 47 heavy (non-hydrogen) atoms. The summed E-state index contributed by atoms with van der Waals surface area (Å²) in [5.74, 6) is 0.695. The van der Waals surface area contributed by atoms with Crippen molar-refractivity contribution in [1.29, 1.82) is 0 Å². The first kappa shape index (κ1) is 30.6. The fraction of sp³-hybridized carbons (Fsp3) is 0.412. The van der Waals surface area contributed by atoms with Crippen LogP contribution in [-0.2, 0) is 4.79 Å². The molecule has 1 aliphatic carbocycles. The van der Waals surface area contributed by atoms with Crippen molar-refractivity contribution >= 4 is 46.2 Å². The van der Waals surface area contributed by atoms with Gasteiger partial charge in [0.2, 0.25) is 11.9 Å². The van der Waals surface area contributed by atoms with Gasteiger partial charge in [0.25, 0.3) is 11.8 Å². The third-order valence-corrected chi connectivity index (χ3v) is 9.47. The molecule has 3 amide bonds. The SMILES string of the molecule is CN(C)C(=O)c1cc2cnc(Nc3ccc(N4CCN(C(=O)CCN5C(=O)c6ccccc6C5O)CC4)cn3)nc2n1C1CCCC1. The van der Waals surface area contributed by atoms with Crippen molar-refractivity contribution in [3.63, 3.8) is 0 Å². The quantitative estimate of drug-likeness (QED) is 0.297. The van der Waals surface area contributed by atoms with Crippen molar-refractivity contribution in [3.05, 3.63) is 71.7 Å². The van der Waals surface area contributed by atoms with E-state index in [1.54, 1.807) is 55.7 Å². The zero-order valence-electron chi connectivity index (χ0n) is 26.7. The zero-order valence-corrected chi connectivity index (χ0v) is 26.7. The van der Waals surface area contributed by atoms with Crippen LogP contribution in [0.2, 0.25) is 0 Å². The molecule has 0 bridgehead atoms. The summed E-state index contributed by atoms with van der Waals surface area (Å²) in [5.41, 5.74) is 3.41. The molecule has 1 saturated heterocycles. The van der Waals surface area contributed by atoms with E-state index in [0.717, 1.165) is 42.4 Å². The van der Waals surface area contributed by atoms with E-state index < -0.39 is 6.23 Å². The van der Waals surface area contributed by atoms with E-state index >= 15 is 0 Å². The van der Waals surface area contributed by atoms with Crippen LogP contribution in [-0.4, -0.2) is 104 Å². The summed E-state index contributed by atoms with van der Waals surface area (Å²) in [5, 5.41) is 14.6. The topological polar surface area (TPSA) is 140 Å². The van der Waals surface area contributed by atoms with Gasteiger partial charge < -0.3 is 34.6 Å². The number of aromatic nitrogens is 4. The second kappa shape index (κ2) is 12.6. The molecule has 1 saturated carbocycles. The number of carbonyl (C=O) groups excluding carboxylic acids is 3. The van der Waals surface area contributed by atoms with E-state index in [1.807, 2.05) is 23.1 Å². The van der Waals surface area contributed by atoms with Crippen LogP contribution < -0.4 is 10.2 Å². The third kappa shape index (κ3) is 5.86. The predicted octanol–water partition coefficient (Wildman–Crippen LogP) is 3.57. The molecule has 13 nitrogen and oxygen atoms in total. The van der Waals surface area contributed by atoms with Crippen LogP contribution in [0.25, 0.3) is 11.0 Å². The molecule has 2 fully saturated rings. The fourth-order valence-corrected chi connectivity index (χ4v) is 6.92. The summed E-state index contributed by atoms with van der Waals surface area (Å²) in [4.78, 5) is 59.5. The number of nitrogens with one attached hydrogen (secondary N) is 1. The number of aliphatic hydroxyl groups is 1. The van der Waals surface area contributed by atoms with Gasteiger partial charge in [-0.1, -0.05) is 31.0 Å². The van der Waals surface area contributed by atoms with Gasteiger partial charge >= 0.3 is 0 Å². The molecule has 2 aliphatic heterocycles. The van der Waals surface area contributed by atoms with E-state index in [2.05, 4.69) is 24.8 Å². The molecule has 1 aromatic carbocycles. The monoisotopic (exact) mass is 637 g/mol. The number of anilines is 3. The summed E-state index contributed by atoms with van der Waals surface area (Å²) < 4.78 is 2.09. The molecule has 0 radical (unpaired) electrons. The number of hydrogen-bond acceptors (Lipinski definition) is 9. The van der Waals surface area contributed by atoms with Crippen molar-refractivity contribution in [1.82, 2.24) is 34.2 Å². The fourth-order valence-electron chi connectivity index (χ4n) is 6.92. The maximum absolute atomic E-state index is 13.0. The predicted molar refractivity (Wildman–Crippen MR) is 176 cm³/mol. The number of rotatable bonds is 8. The summed E-state index contributed by atoms with van der Waals surface area (Å²) in [6.07, 6.45) is 7.01. The van der Waals surface area contributed by atoms with Crippen LogP contribution in [0, 0.1) is 0 Å². The van der Waals surface area contributed by atoms with Crippen LogP contribution in [0.1, 0.15) is 70.8 Å². The van der Waals surface area contributed by atoms with Crippen molar-refractivity contribution in [3.8, 4) is 0 Å². The van der Waals surface area contributed by atoms with E-state index in [0.29, 0.717) is 54.8 Å². The standard InChI is InChI=1S/C34H39N9O4/c1-39(2)33(47)27-19-22-20-36-34(38-30(22)43(27)23-7-3-4-8-23)37-28-12-11-24(21-35-28)40-15-17-41(18-16-40)29(44)13-14-42-31(45)25-9-5-6-10-26(25)32(42)46/h5-6,9-12,19-21,23,31,45H,3-4,7-8,13-18H2,1-2H3,(H,35,36,37,38). The summed E-state index contributed by atoms with van der Waals surface area (Å²) in [7, 11) is 3.53. The van der Waals surface area contributed by atoms with E-state index in [9.17, 15) is 19.5 Å². The molecule has 3 aromatic heterocycles. The maximum atomic E-state index is 13.0. The molecule has 5 heterocycles. The minimum Gasteiger partial charge on any atom is -0.369 e. The number of hydrogen-bond donors (Lipinski definition) is 2. The highest BCUT2D eigenvalue weighted by molar-refractivity contribution is 5.99. The van der Waals surface area contributed by atoms with Crippen molar-refractivity contribution in [2.24, 2.45) is 0 Å². The second-order valence-electron chi connectivity index (χ2n) is 12.6. The van der Waals surface area contributed by atoms with Crippen LogP contribution in [0.15, 0.2) is 54.9 Å². The van der Waals surface area contributed by atoms with Gasteiger partial charge in [0.15, 0.2) is 6.23 Å². The summed E-state index contributed by atoms with van der Waals surface area (Å²) in [6, 6.07) is 13.0. The second-order valence-corrected chi connectivity index (χ2v) is 12.6. The summed E-state index contributed by atoms with van der Waals surface area (Å²) >= 11 is 0. The number of benzene rings is 1. The first-order chi connectivity index (χ1) is 22.8. The van der Waals surface area contributed by atoms with Gasteiger partial charge in [0.05, 0.1) is 11.9 Å². The van der Waals surface area contributed by atoms with Crippen molar-refractivity contribution in [2.45, 2.75) is 44.4 Å². The average Bonchev–Trinajstić information content (AvgIpc) is 3.81. The lowest BCUT2D eigenvalue weighted by Crippen LogP contribution is -2.49. The van der Waals surface area contributed by atoms with Gasteiger partial charge in [-0.05, 0) is 37.1 Å². The highest BCUT2D eigenvalue weighted by Crippen LogP contribution is 2.35. The molecule has 1 atom stereocenters. The Balaban J connectivity index is 0.956. The molecule has 7 rings (SSSR count). The Morgan fingerprint density at radius 1 is 1.00 bits per heavy atom. The first-order valence-corrected chi connectivity index (χ1v) is 16.2. The Labute approximate surface area is 272 Å². The normalized spacial score (nSPS) is 18.2. The number of fused-ring (bicyclic) bond motifs is 2. The molecule has 244 valence electrons. The van der Waals surface area contributed by atoms with Crippen LogP contribution >= 0.6 is 0 Å². The highest BCUT2D eigenvalue weighted by Gasteiger charge is 2.35. The Kier molecular flexibility index (Phi) is 8.22. The van der Waals surface area contributed by atoms with Gasteiger partial charge in [0.1, 0.15) is 17.2 Å². The van der Waals surface area contributed by atoms with E-state index in [-0.39, 0.29) is 36.7 Å². The van der Waals surface area contributed by atoms with Gasteiger partial charge in [-0.2, -0.15) is 4.98 Å². The largest absolute Gasteiger partial charge is 0.369 e. The molecular weight excluding hydrogens is 598 g/mol. The summed E-state index contributed by atoms with van der Waals surface area (Å²) in [6.45, 7) is 2.60. The van der Waals surface area contributed by atoms with Gasteiger partial charge in [-0.3, -0.25) is 14.4 Å². The van der Waals surface area contributed by atoms with Crippen molar-refractivity contribution < 1.29 is 19.5 Å². The van der Waals surface area contributed by atoms with Crippen LogP contribution in [0.4, 0.5) is 17.5 Å². The molecular formula is C34H39N9O4. The number of pyridine rings is 1. The lowest BCUT2D eigenvalue weighted by Gasteiger charge is -2.36. The van der Waals surface area contributed by atoms with E-state index in [4.69, 9.17) is 4.98 Å². The molecule has 1 unspecified atom stereocenters. The highest BCUT2D eigenvalue weighted by atomic mass is 16.3. The lowest BCUT2D eigenvalue weighted by atomic mass is 10.1.